The highest BCUT2D eigenvalue weighted by Gasteiger charge is 2.26. The minimum Gasteiger partial charge on any atom is -0.357 e. The van der Waals surface area contributed by atoms with Crippen LogP contribution in [0.25, 0.3) is 10.9 Å². The van der Waals surface area contributed by atoms with E-state index in [1.54, 1.807) is 25.5 Å². The van der Waals surface area contributed by atoms with Crippen molar-refractivity contribution in [3.05, 3.63) is 34.4 Å². The van der Waals surface area contributed by atoms with Crippen molar-refractivity contribution in [1.29, 1.82) is 0 Å². The number of fused-ring (bicyclic) bond motifs is 1. The van der Waals surface area contributed by atoms with E-state index in [9.17, 15) is 9.59 Å². The second kappa shape index (κ2) is 5.61. The summed E-state index contributed by atoms with van der Waals surface area (Å²) in [5.74, 6) is 0.0115. The number of aromatic nitrogens is 2. The zero-order valence-electron chi connectivity index (χ0n) is 13.3. The van der Waals surface area contributed by atoms with Gasteiger partial charge >= 0.3 is 0 Å². The zero-order chi connectivity index (χ0) is 15.9. The number of carbonyl (C=O) groups excluding carboxylic acids is 1. The summed E-state index contributed by atoms with van der Waals surface area (Å²) in [6, 6.07) is 2.34. The quantitative estimate of drug-likeness (QED) is 0.901. The van der Waals surface area contributed by atoms with Gasteiger partial charge in [0.05, 0.1) is 5.56 Å². The van der Waals surface area contributed by atoms with Gasteiger partial charge in [-0.25, -0.2) is 0 Å². The van der Waals surface area contributed by atoms with Gasteiger partial charge in [-0.1, -0.05) is 0 Å². The van der Waals surface area contributed by atoms with Gasteiger partial charge in [0, 0.05) is 44.0 Å². The first kappa shape index (κ1) is 14.8. The summed E-state index contributed by atoms with van der Waals surface area (Å²) in [5.41, 5.74) is 0.987. The molecule has 0 unspecified atom stereocenters. The van der Waals surface area contributed by atoms with Crippen LogP contribution in [0.1, 0.15) is 23.2 Å². The van der Waals surface area contributed by atoms with E-state index in [-0.39, 0.29) is 11.5 Å². The third-order valence-corrected chi connectivity index (χ3v) is 4.61. The van der Waals surface area contributed by atoms with Gasteiger partial charge in [0.2, 0.25) is 0 Å². The Morgan fingerprint density at radius 3 is 2.64 bits per heavy atom. The molecule has 0 atom stereocenters. The smallest absolute Gasteiger partial charge is 0.274 e. The Morgan fingerprint density at radius 1 is 1.32 bits per heavy atom. The molecule has 1 aliphatic rings. The first-order chi connectivity index (χ1) is 10.5. The SMILES string of the molecule is CN(C)C1CCN(C(=O)c2cn(C)c(=O)c3[nH]ccc23)CC1. The summed E-state index contributed by atoms with van der Waals surface area (Å²) in [7, 11) is 5.84. The monoisotopic (exact) mass is 302 g/mol. The Hall–Kier alpha value is -2.08. The molecule has 1 fully saturated rings. The molecule has 6 heteroatoms. The molecule has 0 radical (unpaired) electrons. The lowest BCUT2D eigenvalue weighted by molar-refractivity contribution is 0.0664. The number of pyridine rings is 1. The molecular weight excluding hydrogens is 280 g/mol. The molecule has 118 valence electrons. The van der Waals surface area contributed by atoms with E-state index >= 15 is 0 Å². The van der Waals surface area contributed by atoms with Crippen molar-refractivity contribution in [1.82, 2.24) is 19.4 Å². The summed E-state index contributed by atoms with van der Waals surface area (Å²) >= 11 is 0. The summed E-state index contributed by atoms with van der Waals surface area (Å²) in [6.07, 6.45) is 5.33. The number of carbonyl (C=O) groups is 1. The van der Waals surface area contributed by atoms with Gasteiger partial charge in [0.1, 0.15) is 5.52 Å². The number of piperidine rings is 1. The van der Waals surface area contributed by atoms with Crippen molar-refractivity contribution in [2.24, 2.45) is 7.05 Å². The highest BCUT2D eigenvalue weighted by atomic mass is 16.2. The summed E-state index contributed by atoms with van der Waals surface area (Å²) in [6.45, 7) is 1.52. The van der Waals surface area contributed by atoms with Gasteiger partial charge in [-0.05, 0) is 33.0 Å². The Bertz CT molecular complexity index is 751. The minimum atomic E-state index is -0.108. The number of hydrogen-bond donors (Lipinski definition) is 1. The highest BCUT2D eigenvalue weighted by molar-refractivity contribution is 6.05. The van der Waals surface area contributed by atoms with E-state index in [2.05, 4.69) is 24.0 Å². The largest absolute Gasteiger partial charge is 0.357 e. The first-order valence-electron chi connectivity index (χ1n) is 7.61. The lowest BCUT2D eigenvalue weighted by atomic mass is 10.0. The van der Waals surface area contributed by atoms with E-state index in [4.69, 9.17) is 0 Å². The maximum atomic E-state index is 12.8. The Kier molecular flexibility index (Phi) is 3.78. The van der Waals surface area contributed by atoms with Gasteiger partial charge in [-0.3, -0.25) is 9.59 Å². The second-order valence-electron chi connectivity index (χ2n) is 6.21. The molecule has 0 saturated carbocycles. The van der Waals surface area contributed by atoms with Crippen LogP contribution in [0.4, 0.5) is 0 Å². The fraction of sp³-hybridized carbons (Fsp3) is 0.500. The molecule has 22 heavy (non-hydrogen) atoms. The number of likely N-dealkylation sites (tertiary alicyclic amines) is 1. The number of hydrogen-bond acceptors (Lipinski definition) is 3. The van der Waals surface area contributed by atoms with Gasteiger partial charge in [-0.2, -0.15) is 0 Å². The van der Waals surface area contributed by atoms with E-state index in [1.165, 1.54) is 4.57 Å². The molecule has 0 bridgehead atoms. The van der Waals surface area contributed by atoms with Crippen LogP contribution in [0.15, 0.2) is 23.3 Å². The molecular formula is C16H22N4O2. The van der Waals surface area contributed by atoms with Gasteiger partial charge < -0.3 is 19.4 Å². The molecule has 2 aromatic rings. The molecule has 2 aromatic heterocycles. The predicted octanol–water partition coefficient (Wildman–Crippen LogP) is 1.03. The summed E-state index contributed by atoms with van der Waals surface area (Å²) in [5, 5.41) is 0.711. The summed E-state index contributed by atoms with van der Waals surface area (Å²) in [4.78, 5) is 31.9. The number of nitrogens with zero attached hydrogens (tertiary/aromatic N) is 3. The van der Waals surface area contributed by atoms with Crippen molar-refractivity contribution in [2.45, 2.75) is 18.9 Å². The maximum absolute atomic E-state index is 12.8. The predicted molar refractivity (Wildman–Crippen MR) is 86.2 cm³/mol. The Balaban J connectivity index is 1.89. The summed E-state index contributed by atoms with van der Waals surface area (Å²) < 4.78 is 1.47. The molecule has 0 aliphatic carbocycles. The van der Waals surface area contributed by atoms with E-state index < -0.39 is 0 Å². The van der Waals surface area contributed by atoms with E-state index in [0.29, 0.717) is 22.5 Å². The van der Waals surface area contributed by atoms with Crippen LogP contribution in [0.3, 0.4) is 0 Å². The number of nitrogens with one attached hydrogen (secondary N) is 1. The van der Waals surface area contributed by atoms with Crippen LogP contribution in [0.2, 0.25) is 0 Å². The topological polar surface area (TPSA) is 61.3 Å². The molecule has 1 saturated heterocycles. The lowest BCUT2D eigenvalue weighted by Gasteiger charge is -2.35. The van der Waals surface area contributed by atoms with Crippen LogP contribution in [-0.4, -0.2) is 58.5 Å². The van der Waals surface area contributed by atoms with Crippen LogP contribution in [0, 0.1) is 0 Å². The fourth-order valence-electron chi connectivity index (χ4n) is 3.20. The third-order valence-electron chi connectivity index (χ3n) is 4.61. The van der Waals surface area contributed by atoms with Crippen LogP contribution >= 0.6 is 0 Å². The van der Waals surface area contributed by atoms with Crippen molar-refractivity contribution >= 4 is 16.8 Å². The molecule has 1 aliphatic heterocycles. The van der Waals surface area contributed by atoms with E-state index in [0.717, 1.165) is 25.9 Å². The normalized spacial score (nSPS) is 16.6. The number of amides is 1. The molecule has 0 spiro atoms. The molecule has 6 nitrogen and oxygen atoms in total. The number of H-pyrrole nitrogens is 1. The molecule has 0 aromatic carbocycles. The Morgan fingerprint density at radius 2 is 2.00 bits per heavy atom. The van der Waals surface area contributed by atoms with Crippen molar-refractivity contribution in [3.8, 4) is 0 Å². The fourth-order valence-corrected chi connectivity index (χ4v) is 3.20. The number of rotatable bonds is 2. The van der Waals surface area contributed by atoms with Gasteiger partial charge in [-0.15, -0.1) is 0 Å². The van der Waals surface area contributed by atoms with Gasteiger partial charge in [0.15, 0.2) is 0 Å². The van der Waals surface area contributed by atoms with Crippen LogP contribution < -0.4 is 5.56 Å². The van der Waals surface area contributed by atoms with Crippen molar-refractivity contribution in [3.63, 3.8) is 0 Å². The average Bonchev–Trinajstić information content (AvgIpc) is 3.00. The molecule has 1 amide bonds. The average molecular weight is 302 g/mol. The van der Waals surface area contributed by atoms with Crippen LogP contribution in [-0.2, 0) is 7.05 Å². The third kappa shape index (κ3) is 2.43. The van der Waals surface area contributed by atoms with Crippen molar-refractivity contribution in [2.75, 3.05) is 27.2 Å². The Labute approximate surface area is 129 Å². The maximum Gasteiger partial charge on any atom is 0.274 e. The lowest BCUT2D eigenvalue weighted by Crippen LogP contribution is -2.44. The standard InChI is InChI=1S/C16H22N4O2/c1-18(2)11-5-8-20(9-6-11)15(21)13-10-19(3)16(22)14-12(13)4-7-17-14/h4,7,10-11,17H,5-6,8-9H2,1-3H3. The van der Waals surface area contributed by atoms with Gasteiger partial charge in [0.25, 0.3) is 11.5 Å². The zero-order valence-corrected chi connectivity index (χ0v) is 13.3. The minimum absolute atomic E-state index is 0.0115. The van der Waals surface area contributed by atoms with Crippen molar-refractivity contribution < 1.29 is 4.79 Å². The number of aromatic amines is 1. The first-order valence-corrected chi connectivity index (χ1v) is 7.61. The second-order valence-corrected chi connectivity index (χ2v) is 6.21. The van der Waals surface area contributed by atoms with E-state index in [1.807, 2.05) is 4.90 Å². The molecule has 3 heterocycles. The highest BCUT2D eigenvalue weighted by Crippen LogP contribution is 2.20. The molecule has 1 N–H and O–H groups in total. The van der Waals surface area contributed by atoms with Crippen LogP contribution in [0.5, 0.6) is 0 Å². The molecule has 3 rings (SSSR count). The number of aryl methyl sites for hydroxylation is 1.